The first-order valence-electron chi connectivity index (χ1n) is 6.36. The Morgan fingerprint density at radius 1 is 1.32 bits per heavy atom. The van der Waals surface area contributed by atoms with Gasteiger partial charge in [-0.1, -0.05) is 30.7 Å². The molecule has 0 aliphatic heterocycles. The predicted molar refractivity (Wildman–Crippen MR) is 83.0 cm³/mol. The molecule has 0 fully saturated rings. The highest BCUT2D eigenvalue weighted by atomic mass is 35.5. The summed E-state index contributed by atoms with van der Waals surface area (Å²) in [5.41, 5.74) is 1.10. The van der Waals surface area contributed by atoms with Crippen LogP contribution in [0, 0.1) is 0 Å². The first kappa shape index (κ1) is 18.2. The van der Waals surface area contributed by atoms with Gasteiger partial charge in [0.15, 0.2) is 0 Å². The Kier molecular flexibility index (Phi) is 9.66. The molecular formula is C14H22Cl2N2O. The van der Waals surface area contributed by atoms with Gasteiger partial charge >= 0.3 is 0 Å². The molecule has 0 saturated heterocycles. The lowest BCUT2D eigenvalue weighted by atomic mass is 10.0. The van der Waals surface area contributed by atoms with Crippen LogP contribution in [0.3, 0.4) is 0 Å². The van der Waals surface area contributed by atoms with E-state index in [1.807, 2.05) is 31.3 Å². The molecule has 1 aromatic carbocycles. The van der Waals surface area contributed by atoms with Crippen molar-refractivity contribution >= 4 is 29.9 Å². The zero-order valence-corrected chi connectivity index (χ0v) is 13.0. The molecule has 0 saturated carbocycles. The van der Waals surface area contributed by atoms with Crippen LogP contribution in [0.2, 0.25) is 5.02 Å². The minimum atomic E-state index is 0. The van der Waals surface area contributed by atoms with Gasteiger partial charge in [-0.05, 0) is 44.1 Å². The van der Waals surface area contributed by atoms with E-state index < -0.39 is 0 Å². The smallest absolute Gasteiger partial charge is 0.220 e. The topological polar surface area (TPSA) is 41.1 Å². The van der Waals surface area contributed by atoms with Crippen LogP contribution in [0.25, 0.3) is 0 Å². The van der Waals surface area contributed by atoms with Crippen LogP contribution in [0.15, 0.2) is 24.3 Å². The largest absolute Gasteiger partial charge is 0.349 e. The van der Waals surface area contributed by atoms with Crippen LogP contribution in [0.4, 0.5) is 0 Å². The molecule has 1 amide bonds. The zero-order chi connectivity index (χ0) is 13.4. The van der Waals surface area contributed by atoms with Crippen molar-refractivity contribution in [3.8, 4) is 0 Å². The molecule has 0 heterocycles. The molecule has 108 valence electrons. The van der Waals surface area contributed by atoms with Crippen LogP contribution in [-0.4, -0.2) is 19.5 Å². The van der Waals surface area contributed by atoms with Crippen molar-refractivity contribution in [3.63, 3.8) is 0 Å². The van der Waals surface area contributed by atoms with Crippen molar-refractivity contribution < 1.29 is 4.79 Å². The minimum Gasteiger partial charge on any atom is -0.349 e. The molecule has 1 aromatic rings. The summed E-state index contributed by atoms with van der Waals surface area (Å²) in [7, 11) is 1.89. The van der Waals surface area contributed by atoms with Gasteiger partial charge in [-0.3, -0.25) is 4.79 Å². The summed E-state index contributed by atoms with van der Waals surface area (Å²) >= 11 is 5.86. The van der Waals surface area contributed by atoms with Crippen LogP contribution in [0.1, 0.15) is 37.8 Å². The molecule has 2 N–H and O–H groups in total. The molecule has 1 unspecified atom stereocenters. The number of carbonyl (C=O) groups is 1. The molecule has 0 aliphatic carbocycles. The Hall–Kier alpha value is -0.770. The van der Waals surface area contributed by atoms with Gasteiger partial charge in [0, 0.05) is 11.4 Å². The quantitative estimate of drug-likeness (QED) is 0.759. The maximum atomic E-state index is 11.8. The van der Waals surface area contributed by atoms with Gasteiger partial charge in [0.25, 0.3) is 0 Å². The monoisotopic (exact) mass is 304 g/mol. The fraction of sp³-hybridized carbons (Fsp3) is 0.500. The third-order valence-electron chi connectivity index (χ3n) is 2.85. The summed E-state index contributed by atoms with van der Waals surface area (Å²) in [6.45, 7) is 2.93. The van der Waals surface area contributed by atoms with Gasteiger partial charge in [0.1, 0.15) is 0 Å². The molecule has 0 radical (unpaired) electrons. The second kappa shape index (κ2) is 10.1. The summed E-state index contributed by atoms with van der Waals surface area (Å²) in [5.74, 6) is 0.104. The number of rotatable bonds is 7. The third-order valence-corrected chi connectivity index (χ3v) is 3.10. The molecule has 0 spiro atoms. The van der Waals surface area contributed by atoms with Gasteiger partial charge in [0.05, 0.1) is 6.04 Å². The van der Waals surface area contributed by atoms with E-state index >= 15 is 0 Å². The average Bonchev–Trinajstić information content (AvgIpc) is 2.37. The van der Waals surface area contributed by atoms with Crippen LogP contribution in [0.5, 0.6) is 0 Å². The highest BCUT2D eigenvalue weighted by molar-refractivity contribution is 6.30. The van der Waals surface area contributed by atoms with Gasteiger partial charge in [-0.25, -0.2) is 0 Å². The van der Waals surface area contributed by atoms with Crippen LogP contribution < -0.4 is 10.6 Å². The standard InChI is InChI=1S/C14H21ClN2O.ClH/c1-3-13(11-6-8-12(15)9-7-11)17-14(18)5-4-10-16-2;/h6-9,13,16H,3-5,10H2,1-2H3,(H,17,18);1H. The summed E-state index contributed by atoms with van der Waals surface area (Å²) in [6.07, 6.45) is 2.30. The lowest BCUT2D eigenvalue weighted by Crippen LogP contribution is -2.28. The fourth-order valence-corrected chi connectivity index (χ4v) is 1.93. The zero-order valence-electron chi connectivity index (χ0n) is 11.4. The van der Waals surface area contributed by atoms with Gasteiger partial charge < -0.3 is 10.6 Å². The predicted octanol–water partition coefficient (Wildman–Crippen LogP) is 3.33. The van der Waals surface area contributed by atoms with E-state index in [0.29, 0.717) is 11.4 Å². The number of carbonyl (C=O) groups excluding carboxylic acids is 1. The van der Waals surface area contributed by atoms with Crippen molar-refractivity contribution in [1.29, 1.82) is 0 Å². The first-order chi connectivity index (χ1) is 8.67. The Labute approximate surface area is 126 Å². The summed E-state index contributed by atoms with van der Waals surface area (Å²) < 4.78 is 0. The highest BCUT2D eigenvalue weighted by Crippen LogP contribution is 2.19. The molecule has 1 rings (SSSR count). The van der Waals surface area contributed by atoms with E-state index in [9.17, 15) is 4.79 Å². The van der Waals surface area contributed by atoms with Crippen molar-refractivity contribution in [2.45, 2.75) is 32.2 Å². The van der Waals surface area contributed by atoms with Gasteiger partial charge in [-0.2, -0.15) is 0 Å². The van der Waals surface area contributed by atoms with Gasteiger partial charge in [0.2, 0.25) is 5.91 Å². The number of hydrogen-bond acceptors (Lipinski definition) is 2. The Balaban J connectivity index is 0.00000324. The van der Waals surface area contributed by atoms with Crippen molar-refractivity contribution in [2.75, 3.05) is 13.6 Å². The fourth-order valence-electron chi connectivity index (χ4n) is 1.81. The lowest BCUT2D eigenvalue weighted by molar-refractivity contribution is -0.121. The Morgan fingerprint density at radius 3 is 2.47 bits per heavy atom. The maximum Gasteiger partial charge on any atom is 0.220 e. The SMILES string of the molecule is CCC(NC(=O)CCCNC)c1ccc(Cl)cc1.Cl. The van der Waals surface area contributed by atoms with E-state index in [1.165, 1.54) is 0 Å². The van der Waals surface area contributed by atoms with E-state index in [1.54, 1.807) is 0 Å². The lowest BCUT2D eigenvalue weighted by Gasteiger charge is -2.17. The van der Waals surface area contributed by atoms with E-state index in [-0.39, 0.29) is 24.4 Å². The average molecular weight is 305 g/mol. The molecule has 3 nitrogen and oxygen atoms in total. The second-order valence-electron chi connectivity index (χ2n) is 4.29. The number of halogens is 2. The molecule has 0 aromatic heterocycles. The van der Waals surface area contributed by atoms with Crippen molar-refractivity contribution in [2.24, 2.45) is 0 Å². The van der Waals surface area contributed by atoms with Crippen molar-refractivity contribution in [1.82, 2.24) is 10.6 Å². The highest BCUT2D eigenvalue weighted by Gasteiger charge is 2.12. The Morgan fingerprint density at radius 2 is 1.95 bits per heavy atom. The summed E-state index contributed by atoms with van der Waals surface area (Å²) in [6, 6.07) is 7.71. The molecule has 19 heavy (non-hydrogen) atoms. The number of hydrogen-bond donors (Lipinski definition) is 2. The van der Waals surface area contributed by atoms with E-state index in [2.05, 4.69) is 17.6 Å². The normalized spacial score (nSPS) is 11.5. The molecule has 0 bridgehead atoms. The van der Waals surface area contributed by atoms with E-state index in [0.717, 1.165) is 24.9 Å². The minimum absolute atomic E-state index is 0. The van der Waals surface area contributed by atoms with E-state index in [4.69, 9.17) is 11.6 Å². The summed E-state index contributed by atoms with van der Waals surface area (Å²) in [4.78, 5) is 11.8. The van der Waals surface area contributed by atoms with Crippen LogP contribution in [-0.2, 0) is 4.79 Å². The number of nitrogens with one attached hydrogen (secondary N) is 2. The molecular weight excluding hydrogens is 283 g/mol. The molecule has 5 heteroatoms. The first-order valence-corrected chi connectivity index (χ1v) is 6.74. The number of amides is 1. The summed E-state index contributed by atoms with van der Waals surface area (Å²) in [5, 5.41) is 6.80. The third kappa shape index (κ3) is 6.81. The second-order valence-corrected chi connectivity index (χ2v) is 4.72. The maximum absolute atomic E-state index is 11.8. The van der Waals surface area contributed by atoms with Crippen LogP contribution >= 0.6 is 24.0 Å². The van der Waals surface area contributed by atoms with Gasteiger partial charge in [-0.15, -0.1) is 12.4 Å². The number of benzene rings is 1. The van der Waals surface area contributed by atoms with Crippen molar-refractivity contribution in [3.05, 3.63) is 34.9 Å². The Bertz CT molecular complexity index is 368. The molecule has 0 aliphatic rings. The molecule has 1 atom stereocenters.